The number of likely N-dealkylation sites (N-methyl/N-ethyl adjacent to an activating group) is 1. The lowest BCUT2D eigenvalue weighted by Gasteiger charge is -2.13. The number of hydrogen-bond donors (Lipinski definition) is 2. The van der Waals surface area contributed by atoms with Crippen LogP contribution < -0.4 is 10.3 Å². The lowest BCUT2D eigenvalue weighted by Crippen LogP contribution is -3.12. The zero-order valence-corrected chi connectivity index (χ0v) is 12.6. The van der Waals surface area contributed by atoms with Crippen molar-refractivity contribution in [1.29, 1.82) is 0 Å². The van der Waals surface area contributed by atoms with Crippen molar-refractivity contribution in [3.8, 4) is 0 Å². The monoisotopic (exact) mass is 280 g/mol. The summed E-state index contributed by atoms with van der Waals surface area (Å²) in [5.41, 5.74) is 3.54. The average molecular weight is 280 g/mol. The largest absolute Gasteiger partial charge is 0.328 e. The maximum Gasteiger partial charge on any atom is 0.295 e. The van der Waals surface area contributed by atoms with Crippen LogP contribution in [-0.4, -0.2) is 38.0 Å². The summed E-state index contributed by atoms with van der Waals surface area (Å²) in [6, 6.07) is 8.04. The van der Waals surface area contributed by atoms with E-state index in [2.05, 4.69) is 24.4 Å². The molecule has 1 aromatic carbocycles. The molecule has 0 aliphatic carbocycles. The number of rotatable bonds is 7. The molecule has 0 saturated carbocycles. The van der Waals surface area contributed by atoms with Crippen LogP contribution in [0.5, 0.6) is 0 Å². The van der Waals surface area contributed by atoms with Crippen LogP contribution in [0.4, 0.5) is 0 Å². The number of carbonyl (C=O) groups excluding carboxylic acids is 1. The highest BCUT2D eigenvalue weighted by molar-refractivity contribution is 7.98. The summed E-state index contributed by atoms with van der Waals surface area (Å²) in [6.07, 6.45) is 3.71. The molecule has 0 atom stereocenters. The molecular formula is C14H22N3OS+. The Morgan fingerprint density at radius 2 is 1.95 bits per heavy atom. The van der Waals surface area contributed by atoms with Crippen molar-refractivity contribution in [2.75, 3.05) is 25.9 Å². The Kier molecular flexibility index (Phi) is 7.22. The molecule has 0 aromatic heterocycles. The maximum atomic E-state index is 11.6. The number of hydrogen-bond acceptors (Lipinski definition) is 3. The molecule has 2 N–H and O–H groups in total. The Morgan fingerprint density at radius 1 is 1.32 bits per heavy atom. The third-order valence-corrected chi connectivity index (χ3v) is 3.67. The van der Waals surface area contributed by atoms with Crippen molar-refractivity contribution < 1.29 is 9.69 Å². The Balaban J connectivity index is 2.42. The molecule has 0 saturated heterocycles. The van der Waals surface area contributed by atoms with Crippen LogP contribution in [0.1, 0.15) is 19.4 Å². The molecule has 4 nitrogen and oxygen atoms in total. The summed E-state index contributed by atoms with van der Waals surface area (Å²) in [5.74, 6) is -0.0457. The highest BCUT2D eigenvalue weighted by Crippen LogP contribution is 2.13. The van der Waals surface area contributed by atoms with Gasteiger partial charge in [-0.3, -0.25) is 4.79 Å². The van der Waals surface area contributed by atoms with Gasteiger partial charge in [-0.25, -0.2) is 5.43 Å². The molecular weight excluding hydrogens is 258 g/mol. The van der Waals surface area contributed by atoms with Gasteiger partial charge in [-0.2, -0.15) is 5.10 Å². The number of thioether (sulfide) groups is 1. The third kappa shape index (κ3) is 5.89. The van der Waals surface area contributed by atoms with Gasteiger partial charge in [0.05, 0.1) is 19.3 Å². The number of carbonyl (C=O) groups is 1. The van der Waals surface area contributed by atoms with Crippen LogP contribution in [-0.2, 0) is 4.79 Å². The first-order valence-electron chi connectivity index (χ1n) is 6.49. The molecule has 1 amide bonds. The Hall–Kier alpha value is -1.33. The molecule has 0 spiro atoms. The van der Waals surface area contributed by atoms with Gasteiger partial charge in [-0.05, 0) is 37.8 Å². The number of benzene rings is 1. The molecule has 1 rings (SSSR count). The van der Waals surface area contributed by atoms with Crippen molar-refractivity contribution in [1.82, 2.24) is 5.43 Å². The van der Waals surface area contributed by atoms with Gasteiger partial charge in [-0.15, -0.1) is 11.8 Å². The first kappa shape index (κ1) is 15.7. The minimum Gasteiger partial charge on any atom is -0.328 e. The van der Waals surface area contributed by atoms with Crippen molar-refractivity contribution >= 4 is 23.9 Å². The highest BCUT2D eigenvalue weighted by atomic mass is 32.2. The number of quaternary nitrogens is 1. The molecule has 19 heavy (non-hydrogen) atoms. The second-order valence-electron chi connectivity index (χ2n) is 4.20. The fourth-order valence-corrected chi connectivity index (χ4v) is 2.04. The van der Waals surface area contributed by atoms with Gasteiger partial charge in [0.15, 0.2) is 6.54 Å². The number of nitrogens with zero attached hydrogens (tertiary/aromatic N) is 1. The number of amides is 1. The third-order valence-electron chi connectivity index (χ3n) is 2.93. The molecule has 0 fully saturated rings. The predicted octanol–water partition coefficient (Wildman–Crippen LogP) is 0.783. The van der Waals surface area contributed by atoms with Gasteiger partial charge < -0.3 is 4.90 Å². The Labute approximate surface area is 119 Å². The van der Waals surface area contributed by atoms with Gasteiger partial charge in [-0.1, -0.05) is 12.1 Å². The summed E-state index contributed by atoms with van der Waals surface area (Å²) in [5, 5.41) is 3.97. The summed E-state index contributed by atoms with van der Waals surface area (Å²) in [7, 11) is 0. The van der Waals surface area contributed by atoms with E-state index in [1.807, 2.05) is 30.5 Å². The van der Waals surface area contributed by atoms with Crippen molar-refractivity contribution in [3.05, 3.63) is 29.8 Å². The van der Waals surface area contributed by atoms with Crippen molar-refractivity contribution in [3.63, 3.8) is 0 Å². The fraction of sp³-hybridized carbons (Fsp3) is 0.429. The van der Waals surface area contributed by atoms with E-state index in [-0.39, 0.29) is 5.91 Å². The average Bonchev–Trinajstić information content (AvgIpc) is 2.45. The van der Waals surface area contributed by atoms with Crippen molar-refractivity contribution in [2.24, 2.45) is 5.10 Å². The number of hydrazone groups is 1. The second-order valence-corrected chi connectivity index (χ2v) is 5.08. The van der Waals surface area contributed by atoms with Gasteiger partial charge in [0, 0.05) is 4.90 Å². The van der Waals surface area contributed by atoms with Crippen LogP contribution in [0.3, 0.4) is 0 Å². The van der Waals surface area contributed by atoms with E-state index >= 15 is 0 Å². The predicted molar refractivity (Wildman–Crippen MR) is 80.9 cm³/mol. The van der Waals surface area contributed by atoms with Gasteiger partial charge in [0.1, 0.15) is 0 Å². The van der Waals surface area contributed by atoms with Crippen LogP contribution >= 0.6 is 11.8 Å². The molecule has 5 heteroatoms. The lowest BCUT2D eigenvalue weighted by atomic mass is 10.2. The van der Waals surface area contributed by atoms with E-state index in [0.29, 0.717) is 6.54 Å². The molecule has 0 heterocycles. The second kappa shape index (κ2) is 8.72. The molecule has 104 valence electrons. The SMILES string of the molecule is CC[NH+](CC)CC(=O)N/N=C\c1ccc(SC)cc1. The van der Waals surface area contributed by atoms with Crippen LogP contribution in [0, 0.1) is 0 Å². The fourth-order valence-electron chi connectivity index (χ4n) is 1.64. The summed E-state index contributed by atoms with van der Waals surface area (Å²) in [6.45, 7) is 6.51. The molecule has 1 aromatic rings. The van der Waals surface area contributed by atoms with E-state index < -0.39 is 0 Å². The molecule has 0 radical (unpaired) electrons. The maximum absolute atomic E-state index is 11.6. The van der Waals surface area contributed by atoms with E-state index in [4.69, 9.17) is 0 Å². The zero-order valence-electron chi connectivity index (χ0n) is 11.8. The molecule has 0 bridgehead atoms. The standard InChI is InChI=1S/C14H21N3OS/c1-4-17(5-2)11-14(18)16-15-10-12-6-8-13(19-3)9-7-12/h6-10H,4-5,11H2,1-3H3,(H,16,18)/p+1/b15-10-. The van der Waals surface area contributed by atoms with Gasteiger partial charge >= 0.3 is 0 Å². The molecule has 0 unspecified atom stereocenters. The Bertz CT molecular complexity index is 413. The molecule has 0 aliphatic heterocycles. The Morgan fingerprint density at radius 3 is 2.47 bits per heavy atom. The van der Waals surface area contributed by atoms with Crippen LogP contribution in [0.2, 0.25) is 0 Å². The first-order chi connectivity index (χ1) is 9.19. The van der Waals surface area contributed by atoms with Gasteiger partial charge in [0.25, 0.3) is 5.91 Å². The molecule has 0 aliphatic rings. The highest BCUT2D eigenvalue weighted by Gasteiger charge is 2.08. The summed E-state index contributed by atoms with van der Waals surface area (Å²) >= 11 is 1.70. The smallest absolute Gasteiger partial charge is 0.295 e. The minimum absolute atomic E-state index is 0.0457. The summed E-state index contributed by atoms with van der Waals surface area (Å²) < 4.78 is 0. The minimum atomic E-state index is -0.0457. The normalized spacial score (nSPS) is 11.2. The van der Waals surface area contributed by atoms with Crippen LogP contribution in [0.25, 0.3) is 0 Å². The first-order valence-corrected chi connectivity index (χ1v) is 7.71. The number of nitrogens with one attached hydrogen (secondary N) is 2. The van der Waals surface area contributed by atoms with Gasteiger partial charge in [0.2, 0.25) is 0 Å². The van der Waals surface area contributed by atoms with E-state index in [1.165, 1.54) is 9.80 Å². The van der Waals surface area contributed by atoms with E-state index in [1.54, 1.807) is 18.0 Å². The van der Waals surface area contributed by atoms with Crippen LogP contribution in [0.15, 0.2) is 34.3 Å². The van der Waals surface area contributed by atoms with Crippen molar-refractivity contribution in [2.45, 2.75) is 18.7 Å². The zero-order chi connectivity index (χ0) is 14.1. The quantitative estimate of drug-likeness (QED) is 0.440. The van der Waals surface area contributed by atoms with E-state index in [9.17, 15) is 4.79 Å². The van der Waals surface area contributed by atoms with E-state index in [0.717, 1.165) is 18.7 Å². The topological polar surface area (TPSA) is 45.9 Å². The lowest BCUT2D eigenvalue weighted by molar-refractivity contribution is -0.888. The summed E-state index contributed by atoms with van der Waals surface area (Å²) in [4.78, 5) is 14.1.